The topological polar surface area (TPSA) is 66.0 Å². The van der Waals surface area contributed by atoms with Gasteiger partial charge in [0.05, 0.1) is 0 Å². The Hall–Kier alpha value is -0.570. The molecule has 28 heavy (non-hydrogen) atoms. The van der Waals surface area contributed by atoms with Crippen LogP contribution in [0.25, 0.3) is 0 Å². The molecule has 2 aliphatic rings. The number of carbonyl (C=O) groups is 1. The molecule has 0 aromatic heterocycles. The zero-order valence-electron chi connectivity index (χ0n) is 17.9. The molecule has 6 nitrogen and oxygen atoms in total. The zero-order chi connectivity index (χ0) is 19.3. The van der Waals surface area contributed by atoms with Crippen molar-refractivity contribution < 1.29 is 9.53 Å². The van der Waals surface area contributed by atoms with E-state index < -0.39 is 0 Å². The summed E-state index contributed by atoms with van der Waals surface area (Å²) in [4.78, 5) is 19.1. The van der Waals surface area contributed by atoms with Gasteiger partial charge < -0.3 is 20.3 Å². The van der Waals surface area contributed by atoms with Crippen LogP contribution in [0.2, 0.25) is 0 Å². The largest absolute Gasteiger partial charge is 0.462 e. The van der Waals surface area contributed by atoms with Gasteiger partial charge in [0.2, 0.25) is 0 Å². The van der Waals surface area contributed by atoms with Gasteiger partial charge in [-0.25, -0.2) is 0 Å². The van der Waals surface area contributed by atoms with Crippen molar-refractivity contribution >= 4 is 35.9 Å². The molecule has 0 radical (unpaired) electrons. The highest BCUT2D eigenvalue weighted by molar-refractivity contribution is 14.0. The third-order valence-electron chi connectivity index (χ3n) is 5.51. The Kier molecular flexibility index (Phi) is 13.9. The highest BCUT2D eigenvalue weighted by Gasteiger charge is 2.20. The molecule has 1 saturated heterocycles. The number of esters is 1. The van der Waals surface area contributed by atoms with Crippen LogP contribution in [0.15, 0.2) is 4.99 Å². The van der Waals surface area contributed by atoms with E-state index in [1.54, 1.807) is 0 Å². The number of halogens is 1. The Labute approximate surface area is 188 Å². The summed E-state index contributed by atoms with van der Waals surface area (Å²) in [6, 6.07) is 0.494. The monoisotopic (exact) mass is 508 g/mol. The van der Waals surface area contributed by atoms with Crippen molar-refractivity contribution in [3.05, 3.63) is 0 Å². The average Bonchev–Trinajstić information content (AvgIpc) is 3.17. The normalized spacial score (nSPS) is 19.3. The highest BCUT2D eigenvalue weighted by Crippen LogP contribution is 2.21. The van der Waals surface area contributed by atoms with Gasteiger partial charge in [-0.05, 0) is 64.8 Å². The molecule has 7 heteroatoms. The second-order valence-electron chi connectivity index (χ2n) is 7.87. The van der Waals surface area contributed by atoms with E-state index in [1.165, 1.54) is 58.2 Å². The summed E-state index contributed by atoms with van der Waals surface area (Å²) >= 11 is 0. The van der Waals surface area contributed by atoms with E-state index in [9.17, 15) is 4.79 Å². The van der Waals surface area contributed by atoms with Crippen LogP contribution in [0.3, 0.4) is 0 Å². The molecule has 2 fully saturated rings. The van der Waals surface area contributed by atoms with Gasteiger partial charge in [-0.15, -0.1) is 24.0 Å². The Morgan fingerprint density at radius 2 is 1.82 bits per heavy atom. The minimum Gasteiger partial charge on any atom is -0.462 e. The molecule has 0 bridgehead atoms. The number of unbranched alkanes of at least 4 members (excludes halogenated alkanes) is 1. The molecular weight excluding hydrogens is 467 g/mol. The summed E-state index contributed by atoms with van der Waals surface area (Å²) in [5, 5.41) is 6.91. The van der Waals surface area contributed by atoms with Gasteiger partial charge in [0.25, 0.3) is 0 Å². The van der Waals surface area contributed by atoms with Crippen molar-refractivity contribution in [3.63, 3.8) is 0 Å². The summed E-state index contributed by atoms with van der Waals surface area (Å²) < 4.78 is 5.50. The summed E-state index contributed by atoms with van der Waals surface area (Å²) in [5.41, 5.74) is 0. The van der Waals surface area contributed by atoms with Crippen LogP contribution < -0.4 is 10.6 Å². The number of likely N-dealkylation sites (tertiary alicyclic amines) is 1. The summed E-state index contributed by atoms with van der Waals surface area (Å²) in [6.07, 6.45) is 10.7. The molecule has 2 rings (SSSR count). The maximum Gasteiger partial charge on any atom is 0.306 e. The molecule has 0 spiro atoms. The van der Waals surface area contributed by atoms with E-state index in [0.29, 0.717) is 19.0 Å². The van der Waals surface area contributed by atoms with Crippen molar-refractivity contribution in [2.75, 3.05) is 32.7 Å². The predicted octanol–water partition coefficient (Wildman–Crippen LogP) is 3.69. The molecule has 1 aliphatic heterocycles. The van der Waals surface area contributed by atoms with Gasteiger partial charge in [0.15, 0.2) is 5.96 Å². The Balaban J connectivity index is 0.00000392. The number of ether oxygens (including phenoxy) is 1. The van der Waals surface area contributed by atoms with Crippen LogP contribution in [0.5, 0.6) is 0 Å². The van der Waals surface area contributed by atoms with Crippen LogP contribution in [0.1, 0.15) is 78.1 Å². The number of piperidine rings is 1. The summed E-state index contributed by atoms with van der Waals surface area (Å²) in [5.74, 6) is 0.822. The molecule has 0 unspecified atom stereocenters. The molecule has 1 aliphatic carbocycles. The molecule has 2 N–H and O–H groups in total. The predicted molar refractivity (Wildman–Crippen MR) is 126 cm³/mol. The second kappa shape index (κ2) is 15.3. The number of rotatable bonds is 10. The van der Waals surface area contributed by atoms with E-state index in [1.807, 2.05) is 0 Å². The lowest BCUT2D eigenvalue weighted by molar-refractivity contribution is -0.148. The minimum absolute atomic E-state index is 0. The van der Waals surface area contributed by atoms with Crippen molar-refractivity contribution in [2.24, 2.45) is 4.99 Å². The smallest absolute Gasteiger partial charge is 0.306 e. The third kappa shape index (κ3) is 10.3. The summed E-state index contributed by atoms with van der Waals surface area (Å²) in [6.45, 7) is 9.42. The lowest BCUT2D eigenvalue weighted by Gasteiger charge is -2.33. The van der Waals surface area contributed by atoms with Gasteiger partial charge in [-0.1, -0.05) is 13.3 Å². The first kappa shape index (κ1) is 25.5. The maximum atomic E-state index is 11.9. The van der Waals surface area contributed by atoms with Gasteiger partial charge in [-0.2, -0.15) is 0 Å². The molecule has 0 aromatic rings. The fourth-order valence-electron chi connectivity index (χ4n) is 3.86. The first-order valence-electron chi connectivity index (χ1n) is 11.2. The number of hydrogen-bond acceptors (Lipinski definition) is 4. The molecule has 0 aromatic carbocycles. The van der Waals surface area contributed by atoms with Gasteiger partial charge in [0, 0.05) is 38.6 Å². The van der Waals surface area contributed by atoms with E-state index in [2.05, 4.69) is 34.4 Å². The van der Waals surface area contributed by atoms with Crippen LogP contribution in [0.4, 0.5) is 0 Å². The molecule has 0 amide bonds. The zero-order valence-corrected chi connectivity index (χ0v) is 20.2. The average molecular weight is 508 g/mol. The SMILES string of the molecule is CCCCN1CCC(NC(=NCCCC(=O)OC2CCCC2)NCC)CC1.I. The van der Waals surface area contributed by atoms with Crippen LogP contribution >= 0.6 is 24.0 Å². The first-order valence-corrected chi connectivity index (χ1v) is 11.2. The number of nitrogens with zero attached hydrogens (tertiary/aromatic N) is 2. The van der Waals surface area contributed by atoms with Crippen molar-refractivity contribution in [3.8, 4) is 0 Å². The fourth-order valence-corrected chi connectivity index (χ4v) is 3.86. The molecular formula is C21H41IN4O2. The number of hydrogen-bond donors (Lipinski definition) is 2. The van der Waals surface area contributed by atoms with E-state index in [4.69, 9.17) is 4.74 Å². The quantitative estimate of drug-likeness (QED) is 0.155. The number of aliphatic imine (C=N–C) groups is 1. The number of guanidine groups is 1. The maximum absolute atomic E-state index is 11.9. The van der Waals surface area contributed by atoms with Gasteiger partial charge in [0.1, 0.15) is 6.10 Å². The Morgan fingerprint density at radius 3 is 2.46 bits per heavy atom. The van der Waals surface area contributed by atoms with E-state index >= 15 is 0 Å². The molecule has 1 saturated carbocycles. The van der Waals surface area contributed by atoms with Crippen molar-refractivity contribution in [1.82, 2.24) is 15.5 Å². The lowest BCUT2D eigenvalue weighted by atomic mass is 10.0. The lowest BCUT2D eigenvalue weighted by Crippen LogP contribution is -2.48. The fraction of sp³-hybridized carbons (Fsp3) is 0.905. The first-order chi connectivity index (χ1) is 13.2. The van der Waals surface area contributed by atoms with E-state index in [0.717, 1.165) is 31.8 Å². The second-order valence-corrected chi connectivity index (χ2v) is 7.87. The summed E-state index contributed by atoms with van der Waals surface area (Å²) in [7, 11) is 0. The third-order valence-corrected chi connectivity index (χ3v) is 5.51. The van der Waals surface area contributed by atoms with Gasteiger partial charge in [-0.3, -0.25) is 9.79 Å². The molecule has 164 valence electrons. The Bertz CT molecular complexity index is 448. The van der Waals surface area contributed by atoms with Crippen LogP contribution in [-0.2, 0) is 9.53 Å². The van der Waals surface area contributed by atoms with Crippen molar-refractivity contribution in [2.45, 2.75) is 90.2 Å². The molecule has 0 atom stereocenters. The number of carbonyl (C=O) groups excluding carboxylic acids is 1. The number of nitrogens with one attached hydrogen (secondary N) is 2. The minimum atomic E-state index is -0.0606. The standard InChI is InChI=1S/C21H40N4O2.HI/c1-3-5-15-25-16-12-18(13-17-25)24-21(22-4-2)23-14-8-11-20(26)27-19-9-6-7-10-19;/h18-19H,3-17H2,1-2H3,(H2,22,23,24);1H. The van der Waals surface area contributed by atoms with Crippen molar-refractivity contribution in [1.29, 1.82) is 0 Å². The Morgan fingerprint density at radius 1 is 1.11 bits per heavy atom. The van der Waals surface area contributed by atoms with Crippen LogP contribution in [-0.4, -0.2) is 61.7 Å². The van der Waals surface area contributed by atoms with Crippen LogP contribution in [0, 0.1) is 0 Å². The van der Waals surface area contributed by atoms with Gasteiger partial charge >= 0.3 is 5.97 Å². The highest BCUT2D eigenvalue weighted by atomic mass is 127. The molecule has 1 heterocycles. The van der Waals surface area contributed by atoms with E-state index in [-0.39, 0.29) is 36.0 Å².